The number of amides is 2. The molecule has 9 heteroatoms. The maximum Gasteiger partial charge on any atom is 0.257 e. The molecule has 0 heterocycles. The molecule has 3 aromatic carbocycles. The fourth-order valence-corrected chi connectivity index (χ4v) is 5.24. The van der Waals surface area contributed by atoms with Crippen LogP contribution < -0.4 is 10.6 Å². The summed E-state index contributed by atoms with van der Waals surface area (Å²) in [6.45, 7) is 0. The van der Waals surface area contributed by atoms with Crippen molar-refractivity contribution in [2.75, 3.05) is 10.6 Å². The second-order valence-electron chi connectivity index (χ2n) is 7.69. The number of carbonyl (C=O) groups excluding carboxylic acids is 2. The molecule has 2 atom stereocenters. The number of terminal acetylenes is 1. The van der Waals surface area contributed by atoms with Gasteiger partial charge in [0.15, 0.2) is 0 Å². The summed E-state index contributed by atoms with van der Waals surface area (Å²) >= 11 is 31.2. The van der Waals surface area contributed by atoms with Gasteiger partial charge in [0.25, 0.3) is 5.91 Å². The molecule has 0 aliphatic heterocycles. The standard InChI is InChI=1S/C25H15Cl5N2O2/c1-2-13-3-5-17(6-4-13)31-23(33)19-12-18(7-8-20(19)28)32-24(34)22-21(25(22,29)30)14-9-15(26)11-16(27)10-14/h1,3-12,21-22H,(H,31,33)(H,32,34)/t21-,22+/m1/s1. The Kier molecular flexibility index (Phi) is 7.05. The van der Waals surface area contributed by atoms with E-state index in [9.17, 15) is 9.59 Å². The third kappa shape index (κ3) is 5.15. The van der Waals surface area contributed by atoms with Gasteiger partial charge in [0, 0.05) is 32.9 Å². The molecular weight excluding hydrogens is 538 g/mol. The smallest absolute Gasteiger partial charge is 0.257 e. The van der Waals surface area contributed by atoms with Crippen molar-refractivity contribution in [3.8, 4) is 12.3 Å². The van der Waals surface area contributed by atoms with Crippen molar-refractivity contribution in [1.29, 1.82) is 0 Å². The van der Waals surface area contributed by atoms with Crippen molar-refractivity contribution in [3.63, 3.8) is 0 Å². The van der Waals surface area contributed by atoms with Crippen LogP contribution in [0.25, 0.3) is 0 Å². The van der Waals surface area contributed by atoms with Crippen LogP contribution in [0.5, 0.6) is 0 Å². The molecule has 0 bridgehead atoms. The number of nitrogens with one attached hydrogen (secondary N) is 2. The van der Waals surface area contributed by atoms with Crippen molar-refractivity contribution in [2.24, 2.45) is 5.92 Å². The molecule has 172 valence electrons. The average molecular weight is 553 g/mol. The van der Waals surface area contributed by atoms with Crippen molar-refractivity contribution in [2.45, 2.75) is 10.3 Å². The minimum absolute atomic E-state index is 0.178. The van der Waals surface area contributed by atoms with Gasteiger partial charge in [-0.15, -0.1) is 29.6 Å². The molecule has 0 saturated heterocycles. The maximum absolute atomic E-state index is 13.0. The monoisotopic (exact) mass is 550 g/mol. The highest BCUT2D eigenvalue weighted by atomic mass is 35.5. The van der Waals surface area contributed by atoms with Gasteiger partial charge < -0.3 is 10.6 Å². The van der Waals surface area contributed by atoms with Crippen LogP contribution in [0, 0.1) is 18.3 Å². The second kappa shape index (κ2) is 9.70. The van der Waals surface area contributed by atoms with E-state index in [0.29, 0.717) is 32.5 Å². The summed E-state index contributed by atoms with van der Waals surface area (Å²) in [5.41, 5.74) is 2.44. The van der Waals surface area contributed by atoms with Crippen LogP contribution >= 0.6 is 58.0 Å². The Morgan fingerprint density at radius 1 is 0.853 bits per heavy atom. The van der Waals surface area contributed by atoms with Crippen LogP contribution in [-0.2, 0) is 4.79 Å². The van der Waals surface area contributed by atoms with E-state index >= 15 is 0 Å². The van der Waals surface area contributed by atoms with Gasteiger partial charge in [-0.05, 0) is 66.2 Å². The van der Waals surface area contributed by atoms with Gasteiger partial charge in [-0.2, -0.15) is 0 Å². The Morgan fingerprint density at radius 3 is 2.09 bits per heavy atom. The maximum atomic E-state index is 13.0. The predicted octanol–water partition coefficient (Wildman–Crippen LogP) is 7.41. The molecule has 2 N–H and O–H groups in total. The Hall–Kier alpha value is -2.39. The van der Waals surface area contributed by atoms with Crippen LogP contribution in [0.15, 0.2) is 60.7 Å². The molecular formula is C25H15Cl5N2O2. The van der Waals surface area contributed by atoms with E-state index in [0.717, 1.165) is 0 Å². The summed E-state index contributed by atoms with van der Waals surface area (Å²) in [5.74, 6) is 0.412. The lowest BCUT2D eigenvalue weighted by molar-refractivity contribution is -0.117. The van der Waals surface area contributed by atoms with Gasteiger partial charge >= 0.3 is 0 Å². The minimum atomic E-state index is -1.32. The normalized spacial score (nSPS) is 18.0. The summed E-state index contributed by atoms with van der Waals surface area (Å²) in [7, 11) is 0. The van der Waals surface area contributed by atoms with E-state index in [2.05, 4.69) is 16.6 Å². The van der Waals surface area contributed by atoms with Crippen LogP contribution in [0.1, 0.15) is 27.4 Å². The first kappa shape index (κ1) is 24.7. The number of anilines is 2. The van der Waals surface area contributed by atoms with Gasteiger partial charge in [-0.25, -0.2) is 0 Å². The molecule has 4 nitrogen and oxygen atoms in total. The number of hydrogen-bond donors (Lipinski definition) is 2. The number of halogens is 5. The molecule has 0 spiro atoms. The zero-order chi connectivity index (χ0) is 24.6. The highest BCUT2D eigenvalue weighted by molar-refractivity contribution is 6.53. The molecule has 3 aromatic rings. The van der Waals surface area contributed by atoms with E-state index in [4.69, 9.17) is 64.4 Å². The summed E-state index contributed by atoms with van der Waals surface area (Å²) in [4.78, 5) is 25.7. The molecule has 1 fully saturated rings. The number of benzene rings is 3. The molecule has 0 aromatic heterocycles. The summed E-state index contributed by atoms with van der Waals surface area (Å²) in [6, 6.07) is 16.3. The number of rotatable bonds is 5. The van der Waals surface area contributed by atoms with E-state index < -0.39 is 28.0 Å². The number of alkyl halides is 2. The molecule has 1 aliphatic rings. The Bertz CT molecular complexity index is 1310. The minimum Gasteiger partial charge on any atom is -0.326 e. The molecule has 34 heavy (non-hydrogen) atoms. The Morgan fingerprint density at radius 2 is 1.47 bits per heavy atom. The quantitative estimate of drug-likeness (QED) is 0.256. The van der Waals surface area contributed by atoms with Crippen molar-refractivity contribution in [1.82, 2.24) is 0 Å². The van der Waals surface area contributed by atoms with Crippen molar-refractivity contribution >= 4 is 81.2 Å². The zero-order valence-electron chi connectivity index (χ0n) is 17.2. The lowest BCUT2D eigenvalue weighted by Crippen LogP contribution is -2.18. The van der Waals surface area contributed by atoms with Crippen LogP contribution in [0.2, 0.25) is 15.1 Å². The first-order valence-corrected chi connectivity index (χ1v) is 11.8. The van der Waals surface area contributed by atoms with Gasteiger partial charge in [-0.3, -0.25) is 9.59 Å². The van der Waals surface area contributed by atoms with Crippen LogP contribution in [0.3, 0.4) is 0 Å². The third-order valence-corrected chi connectivity index (χ3v) is 7.07. The van der Waals surface area contributed by atoms with E-state index in [1.54, 1.807) is 48.5 Å². The zero-order valence-corrected chi connectivity index (χ0v) is 21.0. The third-order valence-electron chi connectivity index (χ3n) is 5.37. The van der Waals surface area contributed by atoms with Crippen LogP contribution in [-0.4, -0.2) is 16.1 Å². The molecule has 0 unspecified atom stereocenters. The van der Waals surface area contributed by atoms with E-state index in [1.807, 2.05) is 0 Å². The van der Waals surface area contributed by atoms with Gasteiger partial charge in [0.05, 0.1) is 16.5 Å². The highest BCUT2D eigenvalue weighted by Crippen LogP contribution is 2.65. The van der Waals surface area contributed by atoms with Gasteiger partial charge in [0.2, 0.25) is 5.91 Å². The SMILES string of the molecule is C#Cc1ccc(NC(=O)c2cc(NC(=O)[C@@H]3[C@@H](c4cc(Cl)cc(Cl)c4)C3(Cl)Cl)ccc2Cl)cc1. The summed E-state index contributed by atoms with van der Waals surface area (Å²) in [6.07, 6.45) is 5.35. The fourth-order valence-electron chi connectivity index (χ4n) is 3.67. The summed E-state index contributed by atoms with van der Waals surface area (Å²) in [5, 5.41) is 6.55. The topological polar surface area (TPSA) is 58.2 Å². The van der Waals surface area contributed by atoms with Crippen molar-refractivity contribution < 1.29 is 9.59 Å². The first-order valence-electron chi connectivity index (χ1n) is 9.92. The molecule has 4 rings (SSSR count). The van der Waals surface area contributed by atoms with Crippen molar-refractivity contribution in [3.05, 3.63) is 92.4 Å². The number of carbonyl (C=O) groups is 2. The van der Waals surface area contributed by atoms with E-state index in [-0.39, 0.29) is 10.6 Å². The number of hydrogen-bond acceptors (Lipinski definition) is 2. The largest absolute Gasteiger partial charge is 0.326 e. The average Bonchev–Trinajstić information content (AvgIpc) is 3.37. The molecule has 2 amide bonds. The fraction of sp³-hybridized carbons (Fsp3) is 0.120. The Labute approximate surface area is 221 Å². The first-order chi connectivity index (χ1) is 16.1. The molecule has 1 aliphatic carbocycles. The molecule has 0 radical (unpaired) electrons. The lowest BCUT2D eigenvalue weighted by atomic mass is 10.1. The van der Waals surface area contributed by atoms with E-state index in [1.165, 1.54) is 12.1 Å². The van der Waals surface area contributed by atoms with Gasteiger partial charge in [-0.1, -0.05) is 40.7 Å². The predicted molar refractivity (Wildman–Crippen MR) is 140 cm³/mol. The second-order valence-corrected chi connectivity index (χ2v) is 10.4. The lowest BCUT2D eigenvalue weighted by Gasteiger charge is -2.10. The summed E-state index contributed by atoms with van der Waals surface area (Å²) < 4.78 is -1.32. The van der Waals surface area contributed by atoms with Gasteiger partial charge in [0.1, 0.15) is 4.33 Å². The molecule has 1 saturated carbocycles. The highest BCUT2D eigenvalue weighted by Gasteiger charge is 2.67. The Balaban J connectivity index is 1.50. The van der Waals surface area contributed by atoms with Crippen LogP contribution in [0.4, 0.5) is 11.4 Å².